The molecule has 3 N–H and O–H groups in total. The van der Waals surface area contributed by atoms with Gasteiger partial charge in [0.05, 0.1) is 23.4 Å². The molecule has 0 aliphatic heterocycles. The molecule has 2 aromatic heterocycles. The first-order valence-electron chi connectivity index (χ1n) is 9.36. The van der Waals surface area contributed by atoms with E-state index in [9.17, 15) is 10.1 Å². The highest BCUT2D eigenvalue weighted by molar-refractivity contribution is 5.87. The monoisotopic (exact) mass is 379 g/mol. The molecule has 6 nitrogen and oxygen atoms in total. The van der Waals surface area contributed by atoms with Crippen LogP contribution in [-0.2, 0) is 5.41 Å². The molecule has 1 aliphatic carbocycles. The lowest BCUT2D eigenvalue weighted by molar-refractivity contribution is 0.909. The molecule has 1 fully saturated rings. The number of nitrogens with one attached hydrogen (secondary N) is 1. The maximum Gasteiger partial charge on any atom is 0.255 e. The van der Waals surface area contributed by atoms with Crippen LogP contribution in [0.25, 0.3) is 33.3 Å². The molecule has 0 saturated heterocycles. The van der Waals surface area contributed by atoms with E-state index in [-0.39, 0.29) is 11.0 Å². The van der Waals surface area contributed by atoms with E-state index >= 15 is 0 Å². The second-order valence-electron chi connectivity index (χ2n) is 7.37. The van der Waals surface area contributed by atoms with Gasteiger partial charge >= 0.3 is 0 Å². The van der Waals surface area contributed by atoms with E-state index in [0.29, 0.717) is 22.6 Å². The van der Waals surface area contributed by atoms with Gasteiger partial charge < -0.3 is 10.7 Å². The maximum atomic E-state index is 11.9. The molecule has 1 saturated carbocycles. The van der Waals surface area contributed by atoms with Gasteiger partial charge in [0.2, 0.25) is 0 Å². The van der Waals surface area contributed by atoms with Gasteiger partial charge in [0, 0.05) is 22.7 Å². The quantitative estimate of drug-likeness (QED) is 0.563. The maximum absolute atomic E-state index is 11.9. The number of benzene rings is 2. The van der Waals surface area contributed by atoms with Gasteiger partial charge in [-0.05, 0) is 42.0 Å². The van der Waals surface area contributed by atoms with Crippen LogP contribution in [0.1, 0.15) is 18.4 Å². The van der Waals surface area contributed by atoms with E-state index in [2.05, 4.69) is 16.0 Å². The summed E-state index contributed by atoms with van der Waals surface area (Å²) in [5.41, 5.74) is 9.70. The van der Waals surface area contributed by atoms with Crippen molar-refractivity contribution in [1.82, 2.24) is 15.0 Å². The van der Waals surface area contributed by atoms with Crippen LogP contribution in [0.15, 0.2) is 65.7 Å². The Morgan fingerprint density at radius 2 is 1.83 bits per heavy atom. The number of fused-ring (bicyclic) bond motifs is 1. The summed E-state index contributed by atoms with van der Waals surface area (Å²) in [7, 11) is 0. The summed E-state index contributed by atoms with van der Waals surface area (Å²) in [6, 6.07) is 17.7. The molecule has 0 atom stereocenters. The van der Waals surface area contributed by atoms with E-state index in [4.69, 9.17) is 10.7 Å². The largest absolute Gasteiger partial charge is 0.382 e. The van der Waals surface area contributed by atoms with Crippen LogP contribution in [0.4, 0.5) is 5.82 Å². The second-order valence-corrected chi connectivity index (χ2v) is 7.37. The molecule has 5 rings (SSSR count). The predicted molar refractivity (Wildman–Crippen MR) is 112 cm³/mol. The molecule has 4 aromatic rings. The minimum absolute atomic E-state index is 0.132. The Morgan fingerprint density at radius 1 is 1.07 bits per heavy atom. The van der Waals surface area contributed by atoms with E-state index in [0.717, 1.165) is 34.9 Å². The number of nitrogens with two attached hydrogens (primary N) is 1. The van der Waals surface area contributed by atoms with Crippen molar-refractivity contribution in [2.24, 2.45) is 0 Å². The number of nitrogen functional groups attached to an aromatic ring is 1. The normalized spacial score (nSPS) is 14.4. The van der Waals surface area contributed by atoms with Crippen LogP contribution < -0.4 is 11.3 Å². The molecule has 0 radical (unpaired) electrons. The Bertz CT molecular complexity index is 1340. The minimum atomic E-state index is -0.306. The van der Waals surface area contributed by atoms with Gasteiger partial charge in [-0.2, -0.15) is 5.26 Å². The molecule has 1 aliphatic rings. The lowest BCUT2D eigenvalue weighted by Crippen LogP contribution is -2.04. The fourth-order valence-electron chi connectivity index (χ4n) is 3.64. The average molecular weight is 379 g/mol. The number of anilines is 1. The zero-order chi connectivity index (χ0) is 20.0. The summed E-state index contributed by atoms with van der Waals surface area (Å²) in [6.07, 6.45) is 5.10. The van der Waals surface area contributed by atoms with Crippen molar-refractivity contribution in [1.29, 1.82) is 5.26 Å². The number of H-pyrrole nitrogens is 1. The number of nitriles is 1. The third-order valence-corrected chi connectivity index (χ3v) is 5.55. The lowest BCUT2D eigenvalue weighted by Gasteiger charge is -2.10. The van der Waals surface area contributed by atoms with Gasteiger partial charge in [0.1, 0.15) is 11.5 Å². The number of pyridine rings is 1. The molecular weight excluding hydrogens is 362 g/mol. The molecule has 6 heteroatoms. The first-order valence-corrected chi connectivity index (χ1v) is 9.36. The van der Waals surface area contributed by atoms with Crippen molar-refractivity contribution in [2.75, 3.05) is 5.73 Å². The van der Waals surface area contributed by atoms with E-state index in [1.54, 1.807) is 18.5 Å². The van der Waals surface area contributed by atoms with Crippen molar-refractivity contribution in [3.63, 3.8) is 0 Å². The average Bonchev–Trinajstić information content (AvgIpc) is 3.56. The SMILES string of the molecule is N#CC1(c2ccc(-c3cnc(N)c(-c4ccc5c(=O)[nH]ccc5c4)n3)cc2)CC1. The van der Waals surface area contributed by atoms with Crippen LogP contribution in [0, 0.1) is 11.3 Å². The smallest absolute Gasteiger partial charge is 0.255 e. The van der Waals surface area contributed by atoms with Gasteiger partial charge in [0.25, 0.3) is 5.56 Å². The molecule has 140 valence electrons. The minimum Gasteiger partial charge on any atom is -0.382 e. The number of nitrogens with zero attached hydrogens (tertiary/aromatic N) is 3. The predicted octanol–water partition coefficient (Wildman–Crippen LogP) is 3.79. The molecule has 0 amide bonds. The van der Waals surface area contributed by atoms with E-state index in [1.165, 1.54) is 0 Å². The standard InChI is InChI=1S/C23H17N5O/c24-13-23(8-9-23)17-4-1-14(2-5-17)19-12-27-21(25)20(28-19)16-3-6-18-15(11-16)7-10-26-22(18)29/h1-7,10-12H,8-9H2,(H2,25,27)(H,26,29). The Balaban J connectivity index is 1.56. The second kappa shape index (κ2) is 6.28. The fourth-order valence-corrected chi connectivity index (χ4v) is 3.64. The molecular formula is C23H17N5O. The van der Waals surface area contributed by atoms with Crippen molar-refractivity contribution in [3.05, 3.63) is 76.8 Å². The Kier molecular flexibility index (Phi) is 3.71. The van der Waals surface area contributed by atoms with Crippen LogP contribution >= 0.6 is 0 Å². The molecule has 0 unspecified atom stereocenters. The highest BCUT2D eigenvalue weighted by Gasteiger charge is 2.44. The van der Waals surface area contributed by atoms with E-state index < -0.39 is 0 Å². The van der Waals surface area contributed by atoms with Crippen LogP contribution in [-0.4, -0.2) is 15.0 Å². The zero-order valence-electron chi connectivity index (χ0n) is 15.5. The van der Waals surface area contributed by atoms with Crippen LogP contribution in [0.3, 0.4) is 0 Å². The molecule has 29 heavy (non-hydrogen) atoms. The Morgan fingerprint density at radius 3 is 2.55 bits per heavy atom. The third-order valence-electron chi connectivity index (χ3n) is 5.55. The van der Waals surface area contributed by atoms with Crippen LogP contribution in [0.2, 0.25) is 0 Å². The summed E-state index contributed by atoms with van der Waals surface area (Å²) in [5, 5.41) is 10.8. The highest BCUT2D eigenvalue weighted by Crippen LogP contribution is 2.47. The van der Waals surface area contributed by atoms with Gasteiger partial charge in [-0.1, -0.05) is 30.3 Å². The summed E-state index contributed by atoms with van der Waals surface area (Å²) < 4.78 is 0. The summed E-state index contributed by atoms with van der Waals surface area (Å²) >= 11 is 0. The van der Waals surface area contributed by atoms with Gasteiger partial charge in [-0.3, -0.25) is 4.79 Å². The molecule has 0 bridgehead atoms. The Labute approximate surface area is 166 Å². The zero-order valence-corrected chi connectivity index (χ0v) is 15.5. The molecule has 0 spiro atoms. The highest BCUT2D eigenvalue weighted by atomic mass is 16.1. The van der Waals surface area contributed by atoms with Gasteiger partial charge in [-0.25, -0.2) is 9.97 Å². The Hall–Kier alpha value is -3.98. The molecule has 2 heterocycles. The van der Waals surface area contributed by atoms with Crippen molar-refractivity contribution in [2.45, 2.75) is 18.3 Å². The molecule has 2 aromatic carbocycles. The van der Waals surface area contributed by atoms with E-state index in [1.807, 2.05) is 42.5 Å². The number of rotatable bonds is 3. The number of hydrogen-bond donors (Lipinski definition) is 2. The number of aromatic amines is 1. The third kappa shape index (κ3) is 2.84. The topological polar surface area (TPSA) is 108 Å². The van der Waals surface area contributed by atoms with Crippen LogP contribution in [0.5, 0.6) is 0 Å². The fraction of sp³-hybridized carbons (Fsp3) is 0.130. The number of aromatic nitrogens is 3. The van der Waals surface area contributed by atoms with Gasteiger partial charge in [0.15, 0.2) is 0 Å². The lowest BCUT2D eigenvalue weighted by atomic mass is 9.96. The van der Waals surface area contributed by atoms with Crippen molar-refractivity contribution < 1.29 is 0 Å². The summed E-state index contributed by atoms with van der Waals surface area (Å²) in [4.78, 5) is 23.7. The van der Waals surface area contributed by atoms with Crippen molar-refractivity contribution >= 4 is 16.6 Å². The first-order chi connectivity index (χ1) is 14.1. The summed E-state index contributed by atoms with van der Waals surface area (Å²) in [6.45, 7) is 0. The van der Waals surface area contributed by atoms with Gasteiger partial charge in [-0.15, -0.1) is 0 Å². The number of hydrogen-bond acceptors (Lipinski definition) is 5. The van der Waals surface area contributed by atoms with Crippen molar-refractivity contribution in [3.8, 4) is 28.6 Å². The first kappa shape index (κ1) is 17.1. The summed E-state index contributed by atoms with van der Waals surface area (Å²) in [5.74, 6) is 0.330.